The quantitative estimate of drug-likeness (QED) is 0.782. The first-order chi connectivity index (χ1) is 9.52. The van der Waals surface area contributed by atoms with Crippen molar-refractivity contribution in [3.8, 4) is 5.75 Å². The maximum absolute atomic E-state index is 12.3. The van der Waals surface area contributed by atoms with Crippen molar-refractivity contribution in [3.63, 3.8) is 0 Å². The number of carbonyl (C=O) groups is 2. The lowest BCUT2D eigenvalue weighted by Crippen LogP contribution is -2.41. The molecule has 1 saturated heterocycles. The van der Waals surface area contributed by atoms with Gasteiger partial charge in [-0.15, -0.1) is 0 Å². The van der Waals surface area contributed by atoms with E-state index in [0.717, 1.165) is 4.90 Å². The second kappa shape index (κ2) is 5.50. The van der Waals surface area contributed by atoms with Crippen LogP contribution in [0.2, 0.25) is 0 Å². The molecule has 6 heteroatoms. The molecule has 2 rings (SSSR count). The highest BCUT2D eigenvalue weighted by molar-refractivity contribution is 6.07. The van der Waals surface area contributed by atoms with Crippen molar-refractivity contribution in [2.24, 2.45) is 0 Å². The van der Waals surface area contributed by atoms with Gasteiger partial charge in [0.25, 0.3) is 5.91 Å². The van der Waals surface area contributed by atoms with Crippen molar-refractivity contribution in [2.75, 3.05) is 19.8 Å². The average Bonchev–Trinajstić information content (AvgIpc) is 2.65. The minimum Gasteiger partial charge on any atom is -0.494 e. The Bertz CT molecular complexity index is 514. The van der Waals surface area contributed by atoms with Gasteiger partial charge in [-0.2, -0.15) is 0 Å². The van der Waals surface area contributed by atoms with Crippen LogP contribution in [0.3, 0.4) is 0 Å². The number of amides is 3. The summed E-state index contributed by atoms with van der Waals surface area (Å²) < 4.78 is 5.35. The Morgan fingerprint density at radius 3 is 2.50 bits per heavy atom. The number of β-amino-alcohol motifs (C(OH)–C–C–N with tert-alkyl or cyclic N) is 1. The molecular weight excluding hydrogens is 260 g/mol. The number of aliphatic hydroxyl groups excluding tert-OH is 1. The number of imide groups is 1. The highest BCUT2D eigenvalue weighted by atomic mass is 16.5. The van der Waals surface area contributed by atoms with Crippen molar-refractivity contribution < 1.29 is 19.4 Å². The molecule has 1 unspecified atom stereocenters. The van der Waals surface area contributed by atoms with E-state index in [4.69, 9.17) is 9.84 Å². The van der Waals surface area contributed by atoms with E-state index >= 15 is 0 Å². The molecule has 1 aromatic carbocycles. The Balaban J connectivity index is 2.26. The predicted octanol–water partition coefficient (Wildman–Crippen LogP) is 0.845. The molecule has 1 aliphatic rings. The summed E-state index contributed by atoms with van der Waals surface area (Å²) >= 11 is 0. The second-order valence-electron chi connectivity index (χ2n) is 4.69. The van der Waals surface area contributed by atoms with E-state index in [1.807, 2.05) is 6.92 Å². The van der Waals surface area contributed by atoms with Crippen molar-refractivity contribution in [1.82, 2.24) is 10.2 Å². The van der Waals surface area contributed by atoms with Crippen molar-refractivity contribution in [3.05, 3.63) is 29.8 Å². The molecule has 0 aliphatic carbocycles. The molecule has 1 fully saturated rings. The normalized spacial score (nSPS) is 22.1. The van der Waals surface area contributed by atoms with Gasteiger partial charge < -0.3 is 15.2 Å². The van der Waals surface area contributed by atoms with Gasteiger partial charge in [0.1, 0.15) is 11.3 Å². The van der Waals surface area contributed by atoms with Gasteiger partial charge in [-0.25, -0.2) is 4.79 Å². The highest BCUT2D eigenvalue weighted by Crippen LogP contribution is 2.29. The SMILES string of the molecule is CCOc1ccc(C2(C)NC(=O)N(CCO)C2=O)cc1. The fourth-order valence-corrected chi connectivity index (χ4v) is 2.25. The Labute approximate surface area is 117 Å². The molecular formula is C14H18N2O4. The summed E-state index contributed by atoms with van der Waals surface area (Å²) in [6, 6.07) is 6.55. The van der Waals surface area contributed by atoms with E-state index in [1.54, 1.807) is 31.2 Å². The molecule has 0 spiro atoms. The van der Waals surface area contributed by atoms with E-state index < -0.39 is 11.6 Å². The van der Waals surface area contributed by atoms with Crippen molar-refractivity contribution >= 4 is 11.9 Å². The highest BCUT2D eigenvalue weighted by Gasteiger charge is 2.48. The largest absolute Gasteiger partial charge is 0.494 e. The molecule has 0 saturated carbocycles. The molecule has 0 bridgehead atoms. The van der Waals surface area contributed by atoms with Gasteiger partial charge in [-0.05, 0) is 31.5 Å². The first-order valence-corrected chi connectivity index (χ1v) is 6.51. The van der Waals surface area contributed by atoms with Gasteiger partial charge in [-0.3, -0.25) is 9.69 Å². The molecule has 2 N–H and O–H groups in total. The van der Waals surface area contributed by atoms with Gasteiger partial charge in [-0.1, -0.05) is 12.1 Å². The average molecular weight is 278 g/mol. The first-order valence-electron chi connectivity index (χ1n) is 6.51. The standard InChI is InChI=1S/C14H18N2O4/c1-3-20-11-6-4-10(5-7-11)14(2)12(18)16(8-9-17)13(19)15-14/h4-7,17H,3,8-9H2,1-2H3,(H,15,19). The van der Waals surface area contributed by atoms with E-state index in [2.05, 4.69) is 5.32 Å². The topological polar surface area (TPSA) is 78.9 Å². The summed E-state index contributed by atoms with van der Waals surface area (Å²) in [5, 5.41) is 11.6. The molecule has 108 valence electrons. The zero-order chi connectivity index (χ0) is 14.8. The maximum Gasteiger partial charge on any atom is 0.325 e. The molecule has 20 heavy (non-hydrogen) atoms. The van der Waals surface area contributed by atoms with Crippen LogP contribution >= 0.6 is 0 Å². The number of carbonyl (C=O) groups excluding carboxylic acids is 2. The Kier molecular flexibility index (Phi) is 3.94. The predicted molar refractivity (Wildman–Crippen MR) is 72.3 cm³/mol. The number of benzene rings is 1. The minimum atomic E-state index is -1.10. The summed E-state index contributed by atoms with van der Waals surface area (Å²) in [6.07, 6.45) is 0. The van der Waals surface area contributed by atoms with Crippen LogP contribution in [0.25, 0.3) is 0 Å². The molecule has 1 aromatic rings. The molecule has 3 amide bonds. The zero-order valence-electron chi connectivity index (χ0n) is 11.5. The Morgan fingerprint density at radius 1 is 1.30 bits per heavy atom. The monoisotopic (exact) mass is 278 g/mol. The van der Waals surface area contributed by atoms with E-state index in [0.29, 0.717) is 17.9 Å². The minimum absolute atomic E-state index is 0.00269. The lowest BCUT2D eigenvalue weighted by atomic mass is 9.92. The fraction of sp³-hybridized carbons (Fsp3) is 0.429. The number of urea groups is 1. The van der Waals surface area contributed by atoms with Gasteiger partial charge in [0.05, 0.1) is 19.8 Å². The summed E-state index contributed by atoms with van der Waals surface area (Å²) in [4.78, 5) is 25.2. The van der Waals surface area contributed by atoms with Crippen LogP contribution in [-0.2, 0) is 10.3 Å². The number of ether oxygens (including phenoxy) is 1. The molecule has 6 nitrogen and oxygen atoms in total. The van der Waals surface area contributed by atoms with Crippen LogP contribution in [0.4, 0.5) is 4.79 Å². The third-order valence-electron chi connectivity index (χ3n) is 3.34. The Morgan fingerprint density at radius 2 is 1.95 bits per heavy atom. The molecule has 1 atom stereocenters. The number of rotatable bonds is 5. The third kappa shape index (κ3) is 2.34. The van der Waals surface area contributed by atoms with E-state index in [9.17, 15) is 9.59 Å². The molecule has 0 radical (unpaired) electrons. The smallest absolute Gasteiger partial charge is 0.325 e. The molecule has 1 heterocycles. The number of nitrogens with zero attached hydrogens (tertiary/aromatic N) is 1. The number of nitrogens with one attached hydrogen (secondary N) is 1. The van der Waals surface area contributed by atoms with Gasteiger partial charge in [0.2, 0.25) is 0 Å². The zero-order valence-corrected chi connectivity index (χ0v) is 11.5. The number of hydrogen-bond donors (Lipinski definition) is 2. The summed E-state index contributed by atoms with van der Waals surface area (Å²) in [7, 11) is 0. The van der Waals surface area contributed by atoms with Crippen LogP contribution < -0.4 is 10.1 Å². The van der Waals surface area contributed by atoms with Crippen LogP contribution in [0.15, 0.2) is 24.3 Å². The first kappa shape index (κ1) is 14.3. The number of aliphatic hydroxyl groups is 1. The maximum atomic E-state index is 12.3. The van der Waals surface area contributed by atoms with E-state index in [-0.39, 0.29) is 19.1 Å². The summed E-state index contributed by atoms with van der Waals surface area (Å²) in [5.41, 5.74) is -0.420. The van der Waals surface area contributed by atoms with Crippen LogP contribution in [0, 0.1) is 0 Å². The Hall–Kier alpha value is -2.08. The second-order valence-corrected chi connectivity index (χ2v) is 4.69. The van der Waals surface area contributed by atoms with Crippen molar-refractivity contribution in [2.45, 2.75) is 19.4 Å². The van der Waals surface area contributed by atoms with Crippen LogP contribution in [0.1, 0.15) is 19.4 Å². The molecule has 1 aliphatic heterocycles. The van der Waals surface area contributed by atoms with Crippen LogP contribution in [-0.4, -0.2) is 41.7 Å². The fourth-order valence-electron chi connectivity index (χ4n) is 2.25. The van der Waals surface area contributed by atoms with Crippen molar-refractivity contribution in [1.29, 1.82) is 0 Å². The number of hydrogen-bond acceptors (Lipinski definition) is 4. The summed E-state index contributed by atoms with van der Waals surface area (Å²) in [6.45, 7) is 3.86. The molecule has 0 aromatic heterocycles. The third-order valence-corrected chi connectivity index (χ3v) is 3.34. The lowest BCUT2D eigenvalue weighted by Gasteiger charge is -2.22. The lowest BCUT2D eigenvalue weighted by molar-refractivity contribution is -0.131. The van der Waals surface area contributed by atoms with E-state index in [1.165, 1.54) is 0 Å². The van der Waals surface area contributed by atoms with Gasteiger partial charge >= 0.3 is 6.03 Å². The van der Waals surface area contributed by atoms with Crippen LogP contribution in [0.5, 0.6) is 5.75 Å². The summed E-state index contributed by atoms with van der Waals surface area (Å²) in [5.74, 6) is 0.351. The van der Waals surface area contributed by atoms with Gasteiger partial charge in [0, 0.05) is 0 Å². The van der Waals surface area contributed by atoms with Gasteiger partial charge in [0.15, 0.2) is 0 Å².